The van der Waals surface area contributed by atoms with Crippen LogP contribution in [0.5, 0.6) is 0 Å². The third-order valence-electron chi connectivity index (χ3n) is 3.12. The number of carbonyl (C=O) groups excluding carboxylic acids is 1. The topological polar surface area (TPSA) is 62.7 Å². The van der Waals surface area contributed by atoms with Crippen molar-refractivity contribution in [1.82, 2.24) is 10.6 Å². The second-order valence-electron chi connectivity index (χ2n) is 4.53. The molecule has 3 fully saturated rings. The third-order valence-corrected chi connectivity index (χ3v) is 3.12. The van der Waals surface area contributed by atoms with Gasteiger partial charge in [-0.1, -0.05) is 0 Å². The van der Waals surface area contributed by atoms with Crippen LogP contribution in [0.3, 0.4) is 0 Å². The smallest absolute Gasteiger partial charge is 0.254 e. The summed E-state index contributed by atoms with van der Waals surface area (Å²) < 4.78 is 5.37. The molecule has 2 aliphatic heterocycles. The van der Waals surface area contributed by atoms with Gasteiger partial charge >= 0.3 is 0 Å². The van der Waals surface area contributed by atoms with E-state index in [9.17, 15) is 4.79 Å². The second kappa shape index (κ2) is 3.20. The molecule has 0 aromatic heterocycles. The van der Waals surface area contributed by atoms with Crippen molar-refractivity contribution in [2.45, 2.75) is 37.3 Å². The number of nitrogens with one attached hydrogen (secondary N) is 2. The lowest BCUT2D eigenvalue weighted by Gasteiger charge is -2.30. The Morgan fingerprint density at radius 3 is 3.00 bits per heavy atom. The van der Waals surface area contributed by atoms with E-state index in [1.807, 2.05) is 0 Å². The van der Waals surface area contributed by atoms with Crippen molar-refractivity contribution in [2.75, 3.05) is 13.2 Å². The predicted molar refractivity (Wildman–Crippen MR) is 54.5 cm³/mol. The fourth-order valence-corrected chi connectivity index (χ4v) is 2.06. The number of aliphatic imine (C=N–C) groups is 1. The van der Waals surface area contributed by atoms with Crippen molar-refractivity contribution in [3.8, 4) is 0 Å². The number of guanidine groups is 1. The summed E-state index contributed by atoms with van der Waals surface area (Å²) in [5.41, 5.74) is -0.536. The number of nitrogens with zero attached hydrogens (tertiary/aromatic N) is 1. The van der Waals surface area contributed by atoms with Crippen LogP contribution < -0.4 is 10.6 Å². The molecule has 0 bridgehead atoms. The largest absolute Gasteiger partial charge is 0.378 e. The summed E-state index contributed by atoms with van der Waals surface area (Å²) in [4.78, 5) is 16.2. The lowest BCUT2D eigenvalue weighted by atomic mass is 9.93. The molecule has 1 saturated carbocycles. The lowest BCUT2D eigenvalue weighted by Crippen LogP contribution is -2.53. The summed E-state index contributed by atoms with van der Waals surface area (Å²) >= 11 is 0. The molecule has 0 radical (unpaired) electrons. The highest BCUT2D eigenvalue weighted by Crippen LogP contribution is 2.26. The SMILES string of the molecule is O=C1NC(=NC2CC2)NC12CCCOC2. The average Bonchev–Trinajstić information content (AvgIpc) is 2.98. The minimum atomic E-state index is -0.536. The zero-order chi connectivity index (χ0) is 10.3. The Labute approximate surface area is 88.3 Å². The first-order chi connectivity index (χ1) is 7.28. The van der Waals surface area contributed by atoms with Gasteiger partial charge < -0.3 is 10.1 Å². The average molecular weight is 209 g/mol. The fraction of sp³-hybridized carbons (Fsp3) is 0.800. The molecule has 3 aliphatic rings. The van der Waals surface area contributed by atoms with Gasteiger partial charge in [-0.25, -0.2) is 4.99 Å². The molecule has 2 saturated heterocycles. The third kappa shape index (κ3) is 1.61. The Hall–Kier alpha value is -1.10. The molecule has 1 amide bonds. The van der Waals surface area contributed by atoms with Gasteiger partial charge in [-0.05, 0) is 25.7 Å². The zero-order valence-corrected chi connectivity index (χ0v) is 8.58. The first kappa shape index (κ1) is 9.15. The van der Waals surface area contributed by atoms with Crippen LogP contribution in [-0.4, -0.2) is 36.7 Å². The molecule has 1 spiro atoms. The summed E-state index contributed by atoms with van der Waals surface area (Å²) in [6.07, 6.45) is 4.05. The number of rotatable bonds is 1. The molecule has 1 unspecified atom stereocenters. The summed E-state index contributed by atoms with van der Waals surface area (Å²) in [5, 5.41) is 6.00. The van der Waals surface area contributed by atoms with Gasteiger partial charge in [-0.2, -0.15) is 0 Å². The van der Waals surface area contributed by atoms with Crippen LogP contribution in [0.4, 0.5) is 0 Å². The van der Waals surface area contributed by atoms with Crippen molar-refractivity contribution in [3.63, 3.8) is 0 Å². The lowest BCUT2D eigenvalue weighted by molar-refractivity contribution is -0.128. The number of hydrogen-bond donors (Lipinski definition) is 2. The Bertz CT molecular complexity index is 317. The van der Waals surface area contributed by atoms with E-state index in [-0.39, 0.29) is 5.91 Å². The van der Waals surface area contributed by atoms with Gasteiger partial charge in [0.05, 0.1) is 12.6 Å². The molecule has 15 heavy (non-hydrogen) atoms. The van der Waals surface area contributed by atoms with Crippen LogP contribution in [0, 0.1) is 0 Å². The van der Waals surface area contributed by atoms with Crippen molar-refractivity contribution in [1.29, 1.82) is 0 Å². The molecular formula is C10H15N3O2. The van der Waals surface area contributed by atoms with Crippen molar-refractivity contribution < 1.29 is 9.53 Å². The van der Waals surface area contributed by atoms with Crippen LogP contribution in [0.1, 0.15) is 25.7 Å². The number of amides is 1. The molecular weight excluding hydrogens is 194 g/mol. The Kier molecular flexibility index (Phi) is 1.95. The van der Waals surface area contributed by atoms with Gasteiger partial charge in [-0.15, -0.1) is 0 Å². The van der Waals surface area contributed by atoms with Gasteiger partial charge in [0.25, 0.3) is 5.91 Å². The van der Waals surface area contributed by atoms with E-state index in [2.05, 4.69) is 15.6 Å². The highest BCUT2D eigenvalue weighted by atomic mass is 16.5. The minimum Gasteiger partial charge on any atom is -0.378 e. The maximum absolute atomic E-state index is 11.8. The minimum absolute atomic E-state index is 0.0154. The van der Waals surface area contributed by atoms with Gasteiger partial charge in [0.15, 0.2) is 5.96 Å². The quantitative estimate of drug-likeness (QED) is 0.627. The van der Waals surface area contributed by atoms with Crippen molar-refractivity contribution >= 4 is 11.9 Å². The van der Waals surface area contributed by atoms with Gasteiger partial charge in [0.1, 0.15) is 5.54 Å². The molecule has 3 rings (SSSR count). The van der Waals surface area contributed by atoms with E-state index in [0.717, 1.165) is 32.3 Å². The van der Waals surface area contributed by atoms with Crippen LogP contribution in [0.25, 0.3) is 0 Å². The first-order valence-electron chi connectivity index (χ1n) is 5.54. The van der Waals surface area contributed by atoms with Crippen LogP contribution >= 0.6 is 0 Å². The molecule has 5 heteroatoms. The number of hydrogen-bond acceptors (Lipinski definition) is 3. The molecule has 0 aromatic rings. The highest BCUT2D eigenvalue weighted by Gasteiger charge is 2.46. The Balaban J connectivity index is 1.76. The van der Waals surface area contributed by atoms with Crippen LogP contribution in [-0.2, 0) is 9.53 Å². The molecule has 1 atom stereocenters. The summed E-state index contributed by atoms with van der Waals surface area (Å²) in [5.74, 6) is 0.662. The molecule has 0 aromatic carbocycles. The first-order valence-corrected chi connectivity index (χ1v) is 5.54. The Morgan fingerprint density at radius 2 is 2.33 bits per heavy atom. The summed E-state index contributed by atoms with van der Waals surface area (Å²) in [7, 11) is 0. The zero-order valence-electron chi connectivity index (χ0n) is 8.58. The van der Waals surface area contributed by atoms with Crippen molar-refractivity contribution in [3.05, 3.63) is 0 Å². The molecule has 82 valence electrons. The number of carbonyl (C=O) groups is 1. The molecule has 2 heterocycles. The molecule has 5 nitrogen and oxygen atoms in total. The highest BCUT2D eigenvalue weighted by molar-refractivity contribution is 6.09. The predicted octanol–water partition coefficient (Wildman–Crippen LogP) is -0.227. The van der Waals surface area contributed by atoms with E-state index < -0.39 is 5.54 Å². The van der Waals surface area contributed by atoms with E-state index in [1.54, 1.807) is 0 Å². The Morgan fingerprint density at radius 1 is 1.47 bits per heavy atom. The van der Waals surface area contributed by atoms with Gasteiger partial charge in [-0.3, -0.25) is 10.1 Å². The van der Waals surface area contributed by atoms with Crippen LogP contribution in [0.15, 0.2) is 4.99 Å². The fourth-order valence-electron chi connectivity index (χ4n) is 2.06. The van der Waals surface area contributed by atoms with Crippen LogP contribution in [0.2, 0.25) is 0 Å². The normalized spacial score (nSPS) is 38.1. The summed E-state index contributed by atoms with van der Waals surface area (Å²) in [6.45, 7) is 1.22. The monoisotopic (exact) mass is 209 g/mol. The van der Waals surface area contributed by atoms with Crippen molar-refractivity contribution in [2.24, 2.45) is 4.99 Å². The second-order valence-corrected chi connectivity index (χ2v) is 4.53. The maximum atomic E-state index is 11.8. The van der Waals surface area contributed by atoms with Gasteiger partial charge in [0.2, 0.25) is 0 Å². The standard InChI is InChI=1S/C10H15N3O2/c14-8-10(4-1-5-15-6-10)13-9(12-8)11-7-2-3-7/h7H,1-6H2,(H2,11,12,13,14). The van der Waals surface area contributed by atoms with E-state index in [4.69, 9.17) is 4.74 Å². The van der Waals surface area contributed by atoms with E-state index in [0.29, 0.717) is 18.6 Å². The number of ether oxygens (including phenoxy) is 1. The molecule has 1 aliphatic carbocycles. The maximum Gasteiger partial charge on any atom is 0.254 e. The van der Waals surface area contributed by atoms with E-state index >= 15 is 0 Å². The summed E-state index contributed by atoms with van der Waals surface area (Å²) in [6, 6.07) is 0.424. The molecule has 2 N–H and O–H groups in total. The van der Waals surface area contributed by atoms with E-state index in [1.165, 1.54) is 0 Å². The van der Waals surface area contributed by atoms with Gasteiger partial charge in [0, 0.05) is 6.61 Å².